The van der Waals surface area contributed by atoms with E-state index in [9.17, 15) is 13.2 Å². The molecule has 10 heteroatoms. The molecule has 1 aromatic carbocycles. The smallest absolute Gasteiger partial charge is 0.330 e. The molecule has 0 unspecified atom stereocenters. The summed E-state index contributed by atoms with van der Waals surface area (Å²) in [6, 6.07) is 11.0. The molecule has 0 radical (unpaired) electrons. The van der Waals surface area contributed by atoms with Gasteiger partial charge in [0.2, 0.25) is 5.13 Å². The number of benzene rings is 1. The fourth-order valence-electron chi connectivity index (χ4n) is 2.47. The minimum Gasteiger partial charge on any atom is -0.330 e. The van der Waals surface area contributed by atoms with Gasteiger partial charge in [-0.3, -0.25) is 4.98 Å². The van der Waals surface area contributed by atoms with E-state index in [4.69, 9.17) is 0 Å². The summed E-state index contributed by atoms with van der Waals surface area (Å²) >= 11 is 4.56. The predicted octanol–water partition coefficient (Wildman–Crippen LogP) is 6.72. The van der Waals surface area contributed by atoms with Crippen molar-refractivity contribution in [2.75, 3.05) is 5.32 Å². The van der Waals surface area contributed by atoms with Gasteiger partial charge < -0.3 is 5.32 Å². The van der Waals surface area contributed by atoms with Crippen LogP contribution in [0.5, 0.6) is 0 Å². The molecular formula is C19H13F3N4S3. The van der Waals surface area contributed by atoms with Gasteiger partial charge in [0.1, 0.15) is 0 Å². The van der Waals surface area contributed by atoms with Gasteiger partial charge in [0, 0.05) is 28.7 Å². The van der Waals surface area contributed by atoms with Crippen molar-refractivity contribution in [3.05, 3.63) is 71.4 Å². The Kier molecular flexibility index (Phi) is 5.84. The normalized spacial score (nSPS) is 11.6. The van der Waals surface area contributed by atoms with Crippen LogP contribution < -0.4 is 5.32 Å². The lowest BCUT2D eigenvalue weighted by molar-refractivity contribution is -0.137. The molecule has 0 spiro atoms. The average Bonchev–Trinajstić information content (AvgIpc) is 3.36. The molecule has 0 amide bonds. The first-order chi connectivity index (χ1) is 14.0. The van der Waals surface area contributed by atoms with Crippen molar-refractivity contribution in [3.63, 3.8) is 0 Å². The number of nitrogens with one attached hydrogen (secondary N) is 1. The second kappa shape index (κ2) is 8.52. The number of halogens is 3. The molecule has 1 N–H and O–H groups in total. The number of hydrogen-bond donors (Lipinski definition) is 1. The van der Waals surface area contributed by atoms with Crippen molar-refractivity contribution in [3.8, 4) is 9.88 Å². The van der Waals surface area contributed by atoms with Crippen LogP contribution in [0, 0.1) is 0 Å². The van der Waals surface area contributed by atoms with Crippen LogP contribution in [0.4, 0.5) is 24.0 Å². The highest BCUT2D eigenvalue weighted by atomic mass is 32.2. The zero-order valence-electron chi connectivity index (χ0n) is 14.7. The molecule has 4 aromatic rings. The topological polar surface area (TPSA) is 50.7 Å². The second-order valence-corrected chi connectivity index (χ2v) is 8.78. The first-order valence-corrected chi connectivity index (χ1v) is 11.0. The second-order valence-electron chi connectivity index (χ2n) is 5.87. The molecule has 0 saturated carbocycles. The highest BCUT2D eigenvalue weighted by molar-refractivity contribution is 7.98. The van der Waals surface area contributed by atoms with Gasteiger partial charge in [-0.1, -0.05) is 17.4 Å². The van der Waals surface area contributed by atoms with E-state index in [0.717, 1.165) is 32.7 Å². The SMILES string of the molecule is FC(F)(F)c1cccc(Nc2nnc(-c3sccc3SCc3ccncc3)s2)c1. The van der Waals surface area contributed by atoms with Crippen molar-refractivity contribution in [1.82, 2.24) is 15.2 Å². The summed E-state index contributed by atoms with van der Waals surface area (Å²) in [6.45, 7) is 0. The lowest BCUT2D eigenvalue weighted by atomic mass is 10.2. The zero-order chi connectivity index (χ0) is 20.3. The molecular weight excluding hydrogens is 437 g/mol. The molecule has 3 aromatic heterocycles. The molecule has 0 aliphatic carbocycles. The first kappa shape index (κ1) is 19.9. The van der Waals surface area contributed by atoms with Crippen LogP contribution in [0.2, 0.25) is 0 Å². The van der Waals surface area contributed by atoms with Crippen LogP contribution in [-0.4, -0.2) is 15.2 Å². The number of anilines is 2. The van der Waals surface area contributed by atoms with E-state index in [1.54, 1.807) is 41.6 Å². The molecule has 0 atom stereocenters. The quantitative estimate of drug-likeness (QED) is 0.331. The number of pyridine rings is 1. The standard InChI is InChI=1S/C19H13F3N4S3/c20-19(21,22)13-2-1-3-14(10-13)24-18-26-25-17(29-18)16-15(6-9-27-16)28-11-12-4-7-23-8-5-12/h1-10H,11H2,(H,24,26). The van der Waals surface area contributed by atoms with E-state index in [0.29, 0.717) is 10.8 Å². The third-order valence-electron chi connectivity index (χ3n) is 3.83. The largest absolute Gasteiger partial charge is 0.416 e. The number of aromatic nitrogens is 3. The molecule has 0 bridgehead atoms. The average molecular weight is 451 g/mol. The maximum atomic E-state index is 12.9. The molecule has 29 heavy (non-hydrogen) atoms. The summed E-state index contributed by atoms with van der Waals surface area (Å²) in [5.74, 6) is 0.806. The molecule has 0 saturated heterocycles. The van der Waals surface area contributed by atoms with Crippen LogP contribution >= 0.6 is 34.4 Å². The van der Waals surface area contributed by atoms with Gasteiger partial charge in [0.05, 0.1) is 10.4 Å². The van der Waals surface area contributed by atoms with Crippen LogP contribution in [0.25, 0.3) is 9.88 Å². The van der Waals surface area contributed by atoms with Crippen molar-refractivity contribution < 1.29 is 13.2 Å². The minimum atomic E-state index is -4.39. The Balaban J connectivity index is 1.48. The van der Waals surface area contributed by atoms with Gasteiger partial charge in [-0.05, 0) is 47.3 Å². The number of thioether (sulfide) groups is 1. The summed E-state index contributed by atoms with van der Waals surface area (Å²) in [5.41, 5.74) is 0.785. The molecule has 0 fully saturated rings. The third-order valence-corrected chi connectivity index (χ3v) is 7.00. The fraction of sp³-hybridized carbons (Fsp3) is 0.105. The summed E-state index contributed by atoms with van der Waals surface area (Å²) in [4.78, 5) is 6.11. The molecule has 4 rings (SSSR count). The molecule has 148 valence electrons. The van der Waals surface area contributed by atoms with Gasteiger partial charge in [0.25, 0.3) is 0 Å². The molecule has 0 aliphatic heterocycles. The summed E-state index contributed by atoms with van der Waals surface area (Å²) in [6.07, 6.45) is -0.857. The molecule has 0 aliphatic rings. The van der Waals surface area contributed by atoms with Crippen LogP contribution in [-0.2, 0) is 11.9 Å². The number of thiophene rings is 1. The highest BCUT2D eigenvalue weighted by Crippen LogP contribution is 2.40. The Labute approximate surface area is 176 Å². The van der Waals surface area contributed by atoms with E-state index in [2.05, 4.69) is 20.5 Å². The van der Waals surface area contributed by atoms with E-state index < -0.39 is 11.7 Å². The van der Waals surface area contributed by atoms with Gasteiger partial charge in [-0.15, -0.1) is 33.3 Å². The summed E-state index contributed by atoms with van der Waals surface area (Å²) in [5, 5.41) is 14.4. The van der Waals surface area contributed by atoms with E-state index >= 15 is 0 Å². The lowest BCUT2D eigenvalue weighted by Gasteiger charge is -2.08. The Morgan fingerprint density at radius 2 is 1.86 bits per heavy atom. The van der Waals surface area contributed by atoms with Gasteiger partial charge in [0.15, 0.2) is 5.01 Å². The zero-order valence-corrected chi connectivity index (χ0v) is 17.1. The number of nitrogens with zero attached hydrogens (tertiary/aromatic N) is 3. The fourth-order valence-corrected chi connectivity index (χ4v) is 5.50. The first-order valence-electron chi connectivity index (χ1n) is 8.36. The van der Waals surface area contributed by atoms with Crippen molar-refractivity contribution >= 4 is 45.3 Å². The van der Waals surface area contributed by atoms with Crippen molar-refractivity contribution in [2.24, 2.45) is 0 Å². The Morgan fingerprint density at radius 3 is 2.66 bits per heavy atom. The van der Waals surface area contributed by atoms with Crippen molar-refractivity contribution in [2.45, 2.75) is 16.8 Å². The van der Waals surface area contributed by atoms with Gasteiger partial charge in [-0.25, -0.2) is 0 Å². The summed E-state index contributed by atoms with van der Waals surface area (Å²) in [7, 11) is 0. The van der Waals surface area contributed by atoms with Crippen molar-refractivity contribution in [1.29, 1.82) is 0 Å². The maximum absolute atomic E-state index is 12.9. The molecule has 3 heterocycles. The number of rotatable bonds is 6. The number of alkyl halides is 3. The van der Waals surface area contributed by atoms with Gasteiger partial charge >= 0.3 is 6.18 Å². The van der Waals surface area contributed by atoms with E-state index in [1.165, 1.54) is 23.0 Å². The third kappa shape index (κ3) is 4.95. The Morgan fingerprint density at radius 1 is 1.03 bits per heavy atom. The maximum Gasteiger partial charge on any atom is 0.416 e. The predicted molar refractivity (Wildman–Crippen MR) is 112 cm³/mol. The lowest BCUT2D eigenvalue weighted by Crippen LogP contribution is -2.05. The monoisotopic (exact) mass is 450 g/mol. The molecule has 4 nitrogen and oxygen atoms in total. The van der Waals surface area contributed by atoms with Crippen LogP contribution in [0.3, 0.4) is 0 Å². The van der Waals surface area contributed by atoms with Gasteiger partial charge in [-0.2, -0.15) is 13.2 Å². The Hall–Kier alpha value is -2.43. The van der Waals surface area contributed by atoms with E-state index in [1.807, 2.05) is 23.6 Å². The van der Waals surface area contributed by atoms with E-state index in [-0.39, 0.29) is 0 Å². The van der Waals surface area contributed by atoms with Crippen LogP contribution in [0.1, 0.15) is 11.1 Å². The van der Waals surface area contributed by atoms with Crippen LogP contribution in [0.15, 0.2) is 65.1 Å². The highest BCUT2D eigenvalue weighted by Gasteiger charge is 2.30. The summed E-state index contributed by atoms with van der Waals surface area (Å²) < 4.78 is 38.6. The Bertz CT molecular complexity index is 1090. The minimum absolute atomic E-state index is 0.320. The number of hydrogen-bond acceptors (Lipinski definition) is 7.